The van der Waals surface area contributed by atoms with Crippen molar-refractivity contribution in [1.29, 1.82) is 0 Å². The minimum atomic E-state index is -0.0726. The standard InChI is InChI=1S/C46H46N2/c1-6-33(37-23-16-24-38(29-37)34-17-10-7-11-18-34)30-42(35-19-12-8-13-20-35)47-48-45-43(36-21-14-9-15-22-36)32(3)28-40-39-26-25-31(2)27-41(39)46(4,5)44(40)45/h6-26,29-32,47-48H,27-28H2,1-5H3/b33-6-,42-30-. The lowest BCUT2D eigenvalue weighted by Gasteiger charge is -2.36. The van der Waals surface area contributed by atoms with Crippen molar-refractivity contribution in [2.75, 3.05) is 0 Å². The van der Waals surface area contributed by atoms with Gasteiger partial charge in [0.2, 0.25) is 0 Å². The van der Waals surface area contributed by atoms with E-state index in [0.29, 0.717) is 11.8 Å². The molecule has 0 saturated heterocycles. The second-order valence-electron chi connectivity index (χ2n) is 14.0. The summed E-state index contributed by atoms with van der Waals surface area (Å²) in [5.41, 5.74) is 24.4. The van der Waals surface area contributed by atoms with Crippen molar-refractivity contribution < 1.29 is 0 Å². The summed E-state index contributed by atoms with van der Waals surface area (Å²) in [6.07, 6.45) is 11.5. The van der Waals surface area contributed by atoms with Gasteiger partial charge in [-0.05, 0) is 99.4 Å². The maximum Gasteiger partial charge on any atom is 0.0624 e. The lowest BCUT2D eigenvalue weighted by molar-refractivity contribution is 0.489. The van der Waals surface area contributed by atoms with Crippen LogP contribution in [0.3, 0.4) is 0 Å². The van der Waals surface area contributed by atoms with E-state index in [0.717, 1.165) is 29.7 Å². The molecule has 4 aromatic rings. The largest absolute Gasteiger partial charge is 0.300 e. The van der Waals surface area contributed by atoms with Crippen LogP contribution in [-0.2, 0) is 0 Å². The Morgan fingerprint density at radius 1 is 0.729 bits per heavy atom. The predicted molar refractivity (Wildman–Crippen MR) is 204 cm³/mol. The Labute approximate surface area is 287 Å². The first-order chi connectivity index (χ1) is 23.3. The van der Waals surface area contributed by atoms with E-state index in [1.54, 1.807) is 5.57 Å². The second kappa shape index (κ2) is 13.2. The second-order valence-corrected chi connectivity index (χ2v) is 14.0. The summed E-state index contributed by atoms with van der Waals surface area (Å²) in [5, 5.41) is 0. The van der Waals surface area contributed by atoms with Gasteiger partial charge in [0, 0.05) is 5.41 Å². The fourth-order valence-corrected chi connectivity index (χ4v) is 7.98. The van der Waals surface area contributed by atoms with Gasteiger partial charge in [-0.25, -0.2) is 0 Å². The number of fused-ring (bicyclic) bond motifs is 1. The van der Waals surface area contributed by atoms with Gasteiger partial charge < -0.3 is 10.9 Å². The van der Waals surface area contributed by atoms with E-state index in [1.165, 1.54) is 50.2 Å². The molecule has 2 heteroatoms. The van der Waals surface area contributed by atoms with Crippen LogP contribution < -0.4 is 10.9 Å². The highest BCUT2D eigenvalue weighted by atomic mass is 15.4. The Kier molecular flexibility index (Phi) is 8.67. The van der Waals surface area contributed by atoms with Gasteiger partial charge in [0.05, 0.1) is 11.4 Å². The molecule has 0 radical (unpaired) electrons. The average molecular weight is 627 g/mol. The zero-order chi connectivity index (χ0) is 33.3. The molecule has 0 fully saturated rings. The summed E-state index contributed by atoms with van der Waals surface area (Å²) in [4.78, 5) is 0. The van der Waals surface area contributed by atoms with Crippen LogP contribution in [0.15, 0.2) is 168 Å². The molecule has 7 rings (SSSR count). The maximum atomic E-state index is 3.89. The van der Waals surface area contributed by atoms with Crippen LogP contribution in [0.1, 0.15) is 64.2 Å². The summed E-state index contributed by atoms with van der Waals surface area (Å²) in [5.74, 6) is 0.919. The van der Waals surface area contributed by atoms with E-state index in [-0.39, 0.29) is 5.41 Å². The Bertz CT molecular complexity index is 2000. The van der Waals surface area contributed by atoms with E-state index in [1.807, 2.05) is 0 Å². The molecule has 0 saturated carbocycles. The Balaban J connectivity index is 1.31. The van der Waals surface area contributed by atoms with Crippen LogP contribution in [0.25, 0.3) is 28.0 Å². The molecule has 4 aromatic carbocycles. The van der Waals surface area contributed by atoms with E-state index in [2.05, 4.69) is 185 Å². The van der Waals surface area contributed by atoms with Gasteiger partial charge in [-0.1, -0.05) is 161 Å². The van der Waals surface area contributed by atoms with Gasteiger partial charge >= 0.3 is 0 Å². The van der Waals surface area contributed by atoms with E-state index >= 15 is 0 Å². The molecule has 0 spiro atoms. The van der Waals surface area contributed by atoms with Crippen LogP contribution in [0.2, 0.25) is 0 Å². The Hall–Kier alpha value is -5.08. The van der Waals surface area contributed by atoms with Crippen molar-refractivity contribution in [1.82, 2.24) is 10.9 Å². The number of nitrogens with one attached hydrogen (secondary N) is 2. The molecule has 48 heavy (non-hydrogen) atoms. The third kappa shape index (κ3) is 5.92. The number of hydrogen-bond donors (Lipinski definition) is 2. The molecule has 3 aliphatic carbocycles. The lowest BCUT2D eigenvalue weighted by atomic mass is 9.71. The molecule has 240 valence electrons. The first-order valence-corrected chi connectivity index (χ1v) is 17.4. The van der Waals surface area contributed by atoms with Crippen LogP contribution >= 0.6 is 0 Å². The van der Waals surface area contributed by atoms with Crippen LogP contribution in [0, 0.1) is 17.3 Å². The first-order valence-electron chi connectivity index (χ1n) is 17.4. The lowest BCUT2D eigenvalue weighted by Crippen LogP contribution is -2.36. The minimum absolute atomic E-state index is 0.0726. The number of benzene rings is 4. The van der Waals surface area contributed by atoms with Crippen LogP contribution in [0.4, 0.5) is 0 Å². The summed E-state index contributed by atoms with van der Waals surface area (Å²) in [6.45, 7) is 11.7. The predicted octanol–water partition coefficient (Wildman–Crippen LogP) is 11.6. The number of allylic oxidation sites excluding steroid dienone is 10. The monoisotopic (exact) mass is 626 g/mol. The van der Waals surface area contributed by atoms with Gasteiger partial charge in [0.25, 0.3) is 0 Å². The molecule has 2 atom stereocenters. The quantitative estimate of drug-likeness (QED) is 0.150. The molecule has 2 nitrogen and oxygen atoms in total. The molecule has 0 bridgehead atoms. The van der Waals surface area contributed by atoms with Crippen LogP contribution in [0.5, 0.6) is 0 Å². The summed E-state index contributed by atoms with van der Waals surface area (Å²) < 4.78 is 0. The smallest absolute Gasteiger partial charge is 0.0624 e. The number of hydrazine groups is 1. The zero-order valence-electron chi connectivity index (χ0n) is 28.8. The number of rotatable bonds is 8. The zero-order valence-corrected chi connectivity index (χ0v) is 28.8. The van der Waals surface area contributed by atoms with E-state index in [9.17, 15) is 0 Å². The van der Waals surface area contributed by atoms with Crippen molar-refractivity contribution in [2.45, 2.75) is 47.5 Å². The van der Waals surface area contributed by atoms with E-state index < -0.39 is 0 Å². The minimum Gasteiger partial charge on any atom is -0.300 e. The molecule has 0 aliphatic heterocycles. The van der Waals surface area contributed by atoms with Gasteiger partial charge in [-0.2, -0.15) is 0 Å². The summed E-state index contributed by atoms with van der Waals surface area (Å²) in [7, 11) is 0. The van der Waals surface area contributed by atoms with Gasteiger partial charge in [-0.15, -0.1) is 0 Å². The van der Waals surface area contributed by atoms with Gasteiger partial charge in [0.15, 0.2) is 0 Å². The fraction of sp³-hybridized carbons (Fsp3) is 0.217. The SMILES string of the molecule is C/C=C(/C=C(\NNC1=C(c2ccccc2)C(C)CC2=C1C(C)(C)C1=C2C=CC(C)C1)c1ccccc1)c1cccc(-c2ccccc2)c1. The third-order valence-electron chi connectivity index (χ3n) is 10.4. The molecule has 0 aromatic heterocycles. The summed E-state index contributed by atoms with van der Waals surface area (Å²) in [6, 6.07) is 41.1. The fourth-order valence-electron chi connectivity index (χ4n) is 7.98. The molecule has 2 N–H and O–H groups in total. The molecule has 0 heterocycles. The Morgan fingerprint density at radius 3 is 2.04 bits per heavy atom. The third-order valence-corrected chi connectivity index (χ3v) is 10.4. The van der Waals surface area contributed by atoms with Crippen molar-refractivity contribution in [2.24, 2.45) is 17.3 Å². The normalized spacial score (nSPS) is 20.5. The van der Waals surface area contributed by atoms with Gasteiger partial charge in [-0.3, -0.25) is 0 Å². The molecular formula is C46H46N2. The first kappa shape index (κ1) is 31.5. The van der Waals surface area contributed by atoms with Crippen molar-refractivity contribution in [3.63, 3.8) is 0 Å². The maximum absolute atomic E-state index is 3.89. The Morgan fingerprint density at radius 2 is 1.35 bits per heavy atom. The topological polar surface area (TPSA) is 24.1 Å². The summed E-state index contributed by atoms with van der Waals surface area (Å²) >= 11 is 0. The average Bonchev–Trinajstić information content (AvgIpc) is 3.34. The van der Waals surface area contributed by atoms with Crippen molar-refractivity contribution >= 4 is 16.8 Å². The highest BCUT2D eigenvalue weighted by Crippen LogP contribution is 2.58. The highest BCUT2D eigenvalue weighted by molar-refractivity contribution is 5.85. The number of hydrogen-bond acceptors (Lipinski definition) is 2. The molecule has 2 unspecified atom stereocenters. The molecule has 0 amide bonds. The highest BCUT2D eigenvalue weighted by Gasteiger charge is 2.45. The molecule has 3 aliphatic rings. The van der Waals surface area contributed by atoms with Crippen molar-refractivity contribution in [3.8, 4) is 11.1 Å². The van der Waals surface area contributed by atoms with Crippen LogP contribution in [-0.4, -0.2) is 0 Å². The molecular weight excluding hydrogens is 581 g/mol. The van der Waals surface area contributed by atoms with Gasteiger partial charge in [0.1, 0.15) is 0 Å². The van der Waals surface area contributed by atoms with Crippen molar-refractivity contribution in [3.05, 3.63) is 184 Å². The van der Waals surface area contributed by atoms with E-state index in [4.69, 9.17) is 0 Å².